The van der Waals surface area contributed by atoms with E-state index >= 15 is 0 Å². The average Bonchev–Trinajstić information content (AvgIpc) is 3.27. The second-order valence-electron chi connectivity index (χ2n) is 10.1. The molecule has 2 heterocycles. The van der Waals surface area contributed by atoms with Gasteiger partial charge in [-0.1, -0.05) is 18.2 Å². The van der Waals surface area contributed by atoms with Gasteiger partial charge in [-0.2, -0.15) is 5.26 Å². The number of hydrogen-bond acceptors (Lipinski definition) is 8. The van der Waals surface area contributed by atoms with E-state index in [-0.39, 0.29) is 22.8 Å². The number of thioether (sulfide) groups is 1. The first-order valence-corrected chi connectivity index (χ1v) is 14.4. The summed E-state index contributed by atoms with van der Waals surface area (Å²) in [5.41, 5.74) is 1.04. The number of nitrogens with zero attached hydrogens (tertiary/aromatic N) is 2. The Morgan fingerprint density at radius 3 is 2.51 bits per heavy atom. The number of nitrogens with one attached hydrogen (secondary N) is 2. The molecule has 3 N–H and O–H groups in total. The van der Waals surface area contributed by atoms with Gasteiger partial charge in [0.25, 0.3) is 5.91 Å². The Kier molecular flexibility index (Phi) is 9.00. The molecule has 3 amide bonds. The van der Waals surface area contributed by atoms with Crippen molar-refractivity contribution in [3.8, 4) is 6.07 Å². The Morgan fingerprint density at radius 2 is 1.83 bits per heavy atom. The first-order chi connectivity index (χ1) is 19.4. The Morgan fingerprint density at radius 1 is 1.10 bits per heavy atom. The summed E-state index contributed by atoms with van der Waals surface area (Å²) in [4.78, 5) is 52.6. The van der Waals surface area contributed by atoms with Crippen LogP contribution in [0.3, 0.4) is 0 Å². The molecule has 0 aliphatic carbocycles. The van der Waals surface area contributed by atoms with Gasteiger partial charge in [0.2, 0.25) is 5.91 Å². The van der Waals surface area contributed by atoms with Gasteiger partial charge < -0.3 is 25.4 Å². The maximum atomic E-state index is 12.8. The Bertz CT molecular complexity index is 1550. The van der Waals surface area contributed by atoms with Crippen molar-refractivity contribution in [3.05, 3.63) is 75.7 Å². The third-order valence-electron chi connectivity index (χ3n) is 5.94. The maximum Gasteiger partial charge on any atom is 0.410 e. The molecule has 1 aliphatic heterocycles. The number of hydrogen-bond donors (Lipinski definition) is 3. The number of rotatable bonds is 7. The van der Waals surface area contributed by atoms with E-state index in [1.807, 2.05) is 0 Å². The number of thiophene rings is 1. The van der Waals surface area contributed by atoms with Gasteiger partial charge in [0.1, 0.15) is 16.7 Å². The molecule has 10 nitrogen and oxygen atoms in total. The highest BCUT2D eigenvalue weighted by Gasteiger charge is 2.30. The second kappa shape index (κ2) is 12.4. The van der Waals surface area contributed by atoms with Gasteiger partial charge in [-0.25, -0.2) is 9.59 Å². The van der Waals surface area contributed by atoms with Crippen LogP contribution in [-0.2, 0) is 22.5 Å². The predicted octanol–water partition coefficient (Wildman–Crippen LogP) is 5.59. The number of carboxylic acid groups (broad SMARTS) is 1. The first-order valence-electron chi connectivity index (χ1n) is 12.6. The van der Waals surface area contributed by atoms with Crippen LogP contribution >= 0.6 is 23.1 Å². The number of nitriles is 1. The van der Waals surface area contributed by atoms with Crippen molar-refractivity contribution in [3.63, 3.8) is 0 Å². The van der Waals surface area contributed by atoms with E-state index in [1.54, 1.807) is 62.1 Å². The van der Waals surface area contributed by atoms with Crippen LogP contribution in [-0.4, -0.2) is 51.8 Å². The van der Waals surface area contributed by atoms with Gasteiger partial charge in [0.05, 0.1) is 29.0 Å². The molecule has 0 bridgehead atoms. The van der Waals surface area contributed by atoms with Crippen molar-refractivity contribution in [2.45, 2.75) is 44.2 Å². The minimum absolute atomic E-state index is 0.0404. The quantitative estimate of drug-likeness (QED) is 0.301. The Balaban J connectivity index is 1.37. The number of benzene rings is 2. The van der Waals surface area contributed by atoms with Crippen LogP contribution in [0.15, 0.2) is 53.4 Å². The zero-order chi connectivity index (χ0) is 29.7. The summed E-state index contributed by atoms with van der Waals surface area (Å²) >= 11 is 2.53. The number of anilines is 2. The highest BCUT2D eigenvalue weighted by atomic mass is 32.2. The lowest BCUT2D eigenvalue weighted by atomic mass is 10.0. The van der Waals surface area contributed by atoms with Gasteiger partial charge in [-0.05, 0) is 63.1 Å². The van der Waals surface area contributed by atoms with E-state index in [9.17, 15) is 29.5 Å². The number of aromatic carboxylic acids is 1. The van der Waals surface area contributed by atoms with Crippen molar-refractivity contribution in [2.75, 3.05) is 22.9 Å². The molecule has 0 atom stereocenters. The molecule has 2 aromatic carbocycles. The molecule has 212 valence electrons. The van der Waals surface area contributed by atoms with E-state index in [2.05, 4.69) is 16.7 Å². The normalized spacial score (nSPS) is 12.6. The van der Waals surface area contributed by atoms with Crippen molar-refractivity contribution in [1.29, 1.82) is 5.26 Å². The lowest BCUT2D eigenvalue weighted by Crippen LogP contribution is -2.39. The standard InChI is InChI=1S/C29H28N4O6S2/c1-29(2,3)39-28(38)33-12-11-19-22(14-30)26(41-23(19)15-33)32-24(34)16-40-18-8-6-7-17(13-18)31-25(35)20-9-4-5-10-21(20)27(36)37/h4-10,13H,11-12,15-16H2,1-3H3,(H,31,35)(H,32,34)(H,36,37). The summed E-state index contributed by atoms with van der Waals surface area (Å²) in [6, 6.07) is 15.0. The molecule has 4 rings (SSSR count). The Hall–Kier alpha value is -4.34. The molecule has 1 aliphatic rings. The molecule has 12 heteroatoms. The molecule has 3 aromatic rings. The van der Waals surface area contributed by atoms with Crippen LogP contribution in [0.5, 0.6) is 0 Å². The minimum Gasteiger partial charge on any atom is -0.478 e. The lowest BCUT2D eigenvalue weighted by Gasteiger charge is -2.29. The number of carbonyl (C=O) groups excluding carboxylic acids is 3. The van der Waals surface area contributed by atoms with E-state index < -0.39 is 23.6 Å². The average molecular weight is 593 g/mol. The summed E-state index contributed by atoms with van der Waals surface area (Å²) in [7, 11) is 0. The first kappa shape index (κ1) is 29.6. The zero-order valence-corrected chi connectivity index (χ0v) is 24.3. The molecule has 0 fully saturated rings. The van der Waals surface area contributed by atoms with E-state index in [1.165, 1.54) is 35.2 Å². The summed E-state index contributed by atoms with van der Waals surface area (Å²) in [6.45, 7) is 6.14. The van der Waals surface area contributed by atoms with E-state index in [0.29, 0.717) is 40.7 Å². The molecule has 0 saturated carbocycles. The SMILES string of the molecule is CC(C)(C)OC(=O)N1CCc2c(sc(NC(=O)CSc3cccc(NC(=O)c4ccccc4C(=O)O)c3)c2C#N)C1. The van der Waals surface area contributed by atoms with Crippen LogP contribution in [0, 0.1) is 11.3 Å². The van der Waals surface area contributed by atoms with Gasteiger partial charge in [-0.3, -0.25) is 9.59 Å². The number of fused-ring (bicyclic) bond motifs is 1. The molecule has 1 aromatic heterocycles. The lowest BCUT2D eigenvalue weighted by molar-refractivity contribution is -0.113. The van der Waals surface area contributed by atoms with E-state index in [4.69, 9.17) is 4.74 Å². The molecule has 0 spiro atoms. The van der Waals surface area contributed by atoms with Crippen LogP contribution in [0.25, 0.3) is 0 Å². The molecule has 0 radical (unpaired) electrons. The third-order valence-corrected chi connectivity index (χ3v) is 8.06. The second-order valence-corrected chi connectivity index (χ2v) is 12.3. The highest BCUT2D eigenvalue weighted by molar-refractivity contribution is 8.00. The van der Waals surface area contributed by atoms with Crippen LogP contribution < -0.4 is 10.6 Å². The third kappa shape index (κ3) is 7.45. The zero-order valence-electron chi connectivity index (χ0n) is 22.6. The number of carbonyl (C=O) groups is 4. The summed E-state index contributed by atoms with van der Waals surface area (Å²) in [6.07, 6.45) is 0.0789. The topological polar surface area (TPSA) is 149 Å². The van der Waals surface area contributed by atoms with Crippen molar-refractivity contribution < 1.29 is 29.0 Å². The predicted molar refractivity (Wildman–Crippen MR) is 157 cm³/mol. The largest absolute Gasteiger partial charge is 0.478 e. The summed E-state index contributed by atoms with van der Waals surface area (Å²) < 4.78 is 5.47. The van der Waals surface area contributed by atoms with Gasteiger partial charge in [0.15, 0.2) is 0 Å². The molecule has 0 unspecified atom stereocenters. The van der Waals surface area contributed by atoms with Crippen LogP contribution in [0.1, 0.15) is 57.5 Å². The highest BCUT2D eigenvalue weighted by Crippen LogP contribution is 2.37. The van der Waals surface area contributed by atoms with Crippen LogP contribution in [0.2, 0.25) is 0 Å². The smallest absolute Gasteiger partial charge is 0.410 e. The summed E-state index contributed by atoms with van der Waals surface area (Å²) in [5.74, 6) is -2.01. The maximum absolute atomic E-state index is 12.8. The van der Waals surface area contributed by atoms with Crippen molar-refractivity contribution in [2.24, 2.45) is 0 Å². The summed E-state index contributed by atoms with van der Waals surface area (Å²) in [5, 5.41) is 25.1. The fraction of sp³-hybridized carbons (Fsp3) is 0.276. The molecule has 0 saturated heterocycles. The number of carboxylic acids is 1. The van der Waals surface area contributed by atoms with Gasteiger partial charge in [-0.15, -0.1) is 23.1 Å². The number of ether oxygens (including phenoxy) is 1. The van der Waals surface area contributed by atoms with Crippen molar-refractivity contribution in [1.82, 2.24) is 4.90 Å². The van der Waals surface area contributed by atoms with Crippen molar-refractivity contribution >= 4 is 57.7 Å². The Labute approximate surface area is 245 Å². The fourth-order valence-electron chi connectivity index (χ4n) is 4.13. The monoisotopic (exact) mass is 592 g/mol. The fourth-order valence-corrected chi connectivity index (χ4v) is 6.12. The minimum atomic E-state index is -1.20. The van der Waals surface area contributed by atoms with E-state index in [0.717, 1.165) is 10.4 Å². The number of amides is 3. The van der Waals surface area contributed by atoms with Gasteiger partial charge >= 0.3 is 12.1 Å². The molecule has 41 heavy (non-hydrogen) atoms. The van der Waals surface area contributed by atoms with Crippen LogP contribution in [0.4, 0.5) is 15.5 Å². The van der Waals surface area contributed by atoms with Gasteiger partial charge in [0, 0.05) is 22.0 Å². The molecular formula is C29H28N4O6S2. The molecular weight excluding hydrogens is 564 g/mol.